The molecule has 2 saturated heterocycles. The van der Waals surface area contributed by atoms with Crippen LogP contribution in [0.25, 0.3) is 0 Å². The van der Waals surface area contributed by atoms with Gasteiger partial charge in [-0.2, -0.15) is 0 Å². The molecule has 0 unspecified atom stereocenters. The van der Waals surface area contributed by atoms with E-state index < -0.39 is 6.04 Å². The summed E-state index contributed by atoms with van der Waals surface area (Å²) in [7, 11) is 2.11. The van der Waals surface area contributed by atoms with Crippen LogP contribution in [0.3, 0.4) is 0 Å². The van der Waals surface area contributed by atoms with Crippen molar-refractivity contribution in [2.24, 2.45) is 0 Å². The lowest BCUT2D eigenvalue weighted by Gasteiger charge is -2.34. The van der Waals surface area contributed by atoms with Crippen LogP contribution >= 0.6 is 12.2 Å². The van der Waals surface area contributed by atoms with Gasteiger partial charge < -0.3 is 15.1 Å². The Hall–Kier alpha value is -2.88. The van der Waals surface area contributed by atoms with E-state index in [-0.39, 0.29) is 24.1 Å². The van der Waals surface area contributed by atoms with Gasteiger partial charge in [-0.3, -0.25) is 19.4 Å². The third-order valence-electron chi connectivity index (χ3n) is 6.37. The van der Waals surface area contributed by atoms with Gasteiger partial charge in [-0.25, -0.2) is 4.39 Å². The summed E-state index contributed by atoms with van der Waals surface area (Å²) < 4.78 is 13.2. The molecule has 2 amide bonds. The highest BCUT2D eigenvalue weighted by Gasteiger charge is 2.44. The Labute approximate surface area is 205 Å². The minimum absolute atomic E-state index is 0.0402. The molecule has 0 spiro atoms. The zero-order valence-corrected chi connectivity index (χ0v) is 20.4. The van der Waals surface area contributed by atoms with Crippen molar-refractivity contribution in [2.45, 2.75) is 19.4 Å². The van der Waals surface area contributed by atoms with Gasteiger partial charge in [-0.15, -0.1) is 0 Å². The molecule has 0 radical (unpaired) electrons. The van der Waals surface area contributed by atoms with Crippen LogP contribution in [-0.2, 0) is 9.59 Å². The van der Waals surface area contributed by atoms with Gasteiger partial charge in [0.15, 0.2) is 5.11 Å². The van der Waals surface area contributed by atoms with Crippen LogP contribution in [0.4, 0.5) is 15.8 Å². The zero-order valence-electron chi connectivity index (χ0n) is 19.5. The molecular formula is C25H30FN5O2S. The molecule has 1 N–H and O–H groups in total. The van der Waals surface area contributed by atoms with Gasteiger partial charge in [0.1, 0.15) is 11.9 Å². The average Bonchev–Trinajstić information content (AvgIpc) is 3.04. The molecular weight excluding hydrogens is 453 g/mol. The number of nitrogens with zero attached hydrogens (tertiary/aromatic N) is 4. The number of benzene rings is 2. The smallest absolute Gasteiger partial charge is 0.256 e. The fraction of sp³-hybridized carbons (Fsp3) is 0.400. The molecule has 2 heterocycles. The summed E-state index contributed by atoms with van der Waals surface area (Å²) in [6, 6.07) is 12.5. The molecule has 34 heavy (non-hydrogen) atoms. The fourth-order valence-corrected chi connectivity index (χ4v) is 4.67. The van der Waals surface area contributed by atoms with Gasteiger partial charge >= 0.3 is 0 Å². The number of amides is 2. The predicted molar refractivity (Wildman–Crippen MR) is 135 cm³/mol. The zero-order chi connectivity index (χ0) is 24.2. The second-order valence-corrected chi connectivity index (χ2v) is 9.27. The van der Waals surface area contributed by atoms with Gasteiger partial charge in [0.25, 0.3) is 5.91 Å². The Bertz CT molecular complexity index is 1040. The minimum Gasteiger partial charge on any atom is -0.335 e. The number of nitrogens with one attached hydrogen (secondary N) is 1. The van der Waals surface area contributed by atoms with Gasteiger partial charge in [-0.05, 0) is 62.6 Å². The van der Waals surface area contributed by atoms with Crippen LogP contribution in [0.1, 0.15) is 12.0 Å². The fourth-order valence-electron chi connectivity index (χ4n) is 4.26. The summed E-state index contributed by atoms with van der Waals surface area (Å²) in [4.78, 5) is 34.4. The molecule has 2 aromatic carbocycles. The van der Waals surface area contributed by atoms with Gasteiger partial charge in [0, 0.05) is 45.0 Å². The summed E-state index contributed by atoms with van der Waals surface area (Å²) in [6.07, 6.45) is -0.0402. The van der Waals surface area contributed by atoms with Crippen molar-refractivity contribution in [3.8, 4) is 0 Å². The molecule has 1 atom stereocenters. The first-order chi connectivity index (χ1) is 16.3. The number of hydrogen-bond donors (Lipinski definition) is 1. The number of thiocarbonyl (C=S) groups is 1. The van der Waals surface area contributed by atoms with E-state index in [1.807, 2.05) is 36.1 Å². The van der Waals surface area contributed by atoms with Crippen LogP contribution in [0, 0.1) is 12.7 Å². The number of likely N-dealkylation sites (N-methyl/N-ethyl adjacent to an activating group) is 1. The second-order valence-electron chi connectivity index (χ2n) is 8.91. The molecule has 0 aliphatic carbocycles. The van der Waals surface area contributed by atoms with E-state index in [9.17, 15) is 14.0 Å². The number of hydrogen-bond acceptors (Lipinski definition) is 5. The highest BCUT2D eigenvalue weighted by Crippen LogP contribution is 2.28. The highest BCUT2D eigenvalue weighted by molar-refractivity contribution is 7.80. The van der Waals surface area contributed by atoms with Gasteiger partial charge in [0.05, 0.1) is 12.1 Å². The second kappa shape index (κ2) is 10.6. The first-order valence-electron chi connectivity index (χ1n) is 11.5. The van der Waals surface area contributed by atoms with Crippen molar-refractivity contribution in [2.75, 3.05) is 56.5 Å². The first kappa shape index (κ1) is 24.3. The van der Waals surface area contributed by atoms with Gasteiger partial charge in [-0.1, -0.05) is 17.7 Å². The van der Waals surface area contributed by atoms with E-state index in [1.54, 1.807) is 0 Å². The van der Waals surface area contributed by atoms with E-state index >= 15 is 0 Å². The van der Waals surface area contributed by atoms with Crippen molar-refractivity contribution in [3.63, 3.8) is 0 Å². The maximum Gasteiger partial charge on any atom is 0.256 e. The maximum atomic E-state index is 13.5. The SMILES string of the molecule is Cc1ccc(N2C(=O)[C@@H](CC(=O)Nc3ccc(F)cc3)N(CCN3CCN(C)CC3)C2=S)cc1. The largest absolute Gasteiger partial charge is 0.335 e. The highest BCUT2D eigenvalue weighted by atomic mass is 32.1. The molecule has 2 aliphatic rings. The Kier molecular flexibility index (Phi) is 7.55. The van der Waals surface area contributed by atoms with Crippen molar-refractivity contribution < 1.29 is 14.0 Å². The number of halogens is 1. The lowest BCUT2D eigenvalue weighted by Crippen LogP contribution is -2.48. The Morgan fingerprint density at radius 2 is 1.68 bits per heavy atom. The third-order valence-corrected chi connectivity index (χ3v) is 6.79. The Morgan fingerprint density at radius 3 is 2.32 bits per heavy atom. The predicted octanol–water partition coefficient (Wildman–Crippen LogP) is 2.71. The van der Waals surface area contributed by atoms with E-state index in [1.165, 1.54) is 29.2 Å². The van der Waals surface area contributed by atoms with Crippen molar-refractivity contribution >= 4 is 40.5 Å². The molecule has 4 rings (SSSR count). The van der Waals surface area contributed by atoms with E-state index in [0.29, 0.717) is 23.0 Å². The molecule has 9 heteroatoms. The molecule has 7 nitrogen and oxygen atoms in total. The average molecular weight is 484 g/mol. The maximum absolute atomic E-state index is 13.5. The molecule has 2 aliphatic heterocycles. The van der Waals surface area contributed by atoms with Crippen LogP contribution in [0.15, 0.2) is 48.5 Å². The number of piperazine rings is 1. The molecule has 0 aromatic heterocycles. The topological polar surface area (TPSA) is 59.1 Å². The number of anilines is 2. The van der Waals surface area contributed by atoms with Crippen molar-refractivity contribution in [3.05, 3.63) is 59.9 Å². The lowest BCUT2D eigenvalue weighted by molar-refractivity contribution is -0.124. The Morgan fingerprint density at radius 1 is 1.03 bits per heavy atom. The third kappa shape index (κ3) is 5.60. The minimum atomic E-state index is -0.693. The Balaban J connectivity index is 1.50. The number of rotatable bonds is 7. The summed E-state index contributed by atoms with van der Waals surface area (Å²) in [6.45, 7) is 7.23. The molecule has 2 aromatic rings. The van der Waals surface area contributed by atoms with Crippen molar-refractivity contribution in [1.82, 2.24) is 14.7 Å². The summed E-state index contributed by atoms with van der Waals surface area (Å²) in [5, 5.41) is 3.18. The lowest BCUT2D eigenvalue weighted by atomic mass is 10.1. The van der Waals surface area contributed by atoms with E-state index in [4.69, 9.17) is 12.2 Å². The van der Waals surface area contributed by atoms with Gasteiger partial charge in [0.2, 0.25) is 5.91 Å². The molecule has 0 bridgehead atoms. The normalized spacial score (nSPS) is 19.7. The number of carbonyl (C=O) groups is 2. The van der Waals surface area contributed by atoms with Crippen LogP contribution < -0.4 is 10.2 Å². The van der Waals surface area contributed by atoms with Crippen molar-refractivity contribution in [1.29, 1.82) is 0 Å². The van der Waals surface area contributed by atoms with E-state index in [2.05, 4.69) is 22.2 Å². The van der Waals surface area contributed by atoms with Crippen LogP contribution in [-0.4, -0.2) is 84.0 Å². The monoisotopic (exact) mass is 483 g/mol. The quantitative estimate of drug-likeness (QED) is 0.612. The molecule has 0 saturated carbocycles. The first-order valence-corrected chi connectivity index (χ1v) is 11.9. The van der Waals surface area contributed by atoms with Crippen LogP contribution in [0.5, 0.6) is 0 Å². The van der Waals surface area contributed by atoms with Crippen LogP contribution in [0.2, 0.25) is 0 Å². The molecule has 180 valence electrons. The summed E-state index contributed by atoms with van der Waals surface area (Å²) >= 11 is 5.74. The number of aryl methyl sites for hydroxylation is 1. The summed E-state index contributed by atoms with van der Waals surface area (Å²) in [5.41, 5.74) is 2.27. The molecule has 2 fully saturated rings. The van der Waals surface area contributed by atoms with E-state index in [0.717, 1.165) is 38.3 Å². The standard InChI is InChI=1S/C25H30FN5O2S/c1-18-3-9-21(10-4-18)31-24(33)22(17-23(32)27-20-7-5-19(26)6-8-20)30(25(31)34)16-15-29-13-11-28(2)12-14-29/h3-10,22H,11-17H2,1-2H3,(H,27,32)/t22-/m1/s1. The summed E-state index contributed by atoms with van der Waals surface area (Å²) in [5.74, 6) is -0.900. The number of carbonyl (C=O) groups excluding carboxylic acids is 2.